The fourth-order valence-corrected chi connectivity index (χ4v) is 3.42. The van der Waals surface area contributed by atoms with Crippen molar-refractivity contribution in [1.29, 1.82) is 0 Å². The van der Waals surface area contributed by atoms with E-state index in [1.165, 1.54) is 0 Å². The SMILES string of the molecule is CS(=O)(=O)ON=C(N)NC(=O)c1cccc(-c2cccc3sccc23)c1. The summed E-state index contributed by atoms with van der Waals surface area (Å²) in [6.45, 7) is 0. The van der Waals surface area contributed by atoms with E-state index in [2.05, 4.69) is 14.8 Å². The van der Waals surface area contributed by atoms with Crippen molar-refractivity contribution in [3.63, 3.8) is 0 Å². The zero-order valence-corrected chi connectivity index (χ0v) is 15.3. The highest BCUT2D eigenvalue weighted by molar-refractivity contribution is 7.85. The normalized spacial score (nSPS) is 12.1. The molecule has 0 fully saturated rings. The van der Waals surface area contributed by atoms with Gasteiger partial charge in [-0.05, 0) is 45.9 Å². The number of hydrogen-bond donors (Lipinski definition) is 2. The molecule has 0 saturated heterocycles. The molecule has 3 N–H and O–H groups in total. The van der Waals surface area contributed by atoms with Crippen LogP contribution >= 0.6 is 11.3 Å². The summed E-state index contributed by atoms with van der Waals surface area (Å²) in [5.74, 6) is -0.978. The second-order valence-corrected chi connectivity index (χ2v) is 7.93. The van der Waals surface area contributed by atoms with Crippen molar-refractivity contribution in [3.05, 3.63) is 59.5 Å². The van der Waals surface area contributed by atoms with E-state index in [4.69, 9.17) is 5.73 Å². The molecule has 0 atom stereocenters. The van der Waals surface area contributed by atoms with E-state index in [0.717, 1.165) is 27.5 Å². The smallest absolute Gasteiger partial charge is 0.325 e. The Bertz CT molecular complexity index is 1100. The summed E-state index contributed by atoms with van der Waals surface area (Å²) in [6.07, 6.45) is 0.820. The standard InChI is InChI=1S/C17H15N3O4S2/c1-26(22,23)24-20-17(18)19-16(21)12-5-2-4-11(10-12)13-6-3-7-15-14(13)8-9-25-15/h2-10H,1H3,(H3,18,19,20,21). The van der Waals surface area contributed by atoms with Gasteiger partial charge < -0.3 is 5.73 Å². The van der Waals surface area contributed by atoms with E-state index >= 15 is 0 Å². The third-order valence-corrected chi connectivity index (χ3v) is 4.67. The van der Waals surface area contributed by atoms with Crippen molar-refractivity contribution >= 4 is 43.4 Å². The van der Waals surface area contributed by atoms with Gasteiger partial charge in [0.2, 0.25) is 5.96 Å². The van der Waals surface area contributed by atoms with Gasteiger partial charge in [0.05, 0.1) is 6.26 Å². The van der Waals surface area contributed by atoms with E-state index in [1.807, 2.05) is 35.7 Å². The molecule has 3 rings (SSSR count). The first-order valence-electron chi connectivity index (χ1n) is 7.43. The molecule has 1 heterocycles. The summed E-state index contributed by atoms with van der Waals surface area (Å²) in [7, 11) is -3.80. The number of fused-ring (bicyclic) bond motifs is 1. The monoisotopic (exact) mass is 389 g/mol. The molecule has 0 aliphatic carbocycles. The molecule has 0 radical (unpaired) electrons. The van der Waals surface area contributed by atoms with Gasteiger partial charge >= 0.3 is 10.1 Å². The van der Waals surface area contributed by atoms with Crippen LogP contribution in [0.15, 0.2) is 59.1 Å². The minimum Gasteiger partial charge on any atom is -0.367 e. The molecular formula is C17H15N3O4S2. The summed E-state index contributed by atoms with van der Waals surface area (Å²) in [4.78, 5) is 12.3. The lowest BCUT2D eigenvalue weighted by molar-refractivity contribution is 0.0975. The average Bonchev–Trinajstić information content (AvgIpc) is 3.08. The van der Waals surface area contributed by atoms with E-state index < -0.39 is 22.0 Å². The number of thiophene rings is 1. The van der Waals surface area contributed by atoms with Gasteiger partial charge in [-0.3, -0.25) is 14.4 Å². The van der Waals surface area contributed by atoms with Crippen LogP contribution < -0.4 is 11.1 Å². The number of amides is 1. The molecule has 3 aromatic rings. The Hall–Kier alpha value is -2.91. The number of benzene rings is 2. The van der Waals surface area contributed by atoms with E-state index in [0.29, 0.717) is 5.56 Å². The second-order valence-electron chi connectivity index (χ2n) is 5.43. The lowest BCUT2D eigenvalue weighted by Crippen LogP contribution is -2.37. The van der Waals surface area contributed by atoms with Crippen LogP contribution in [0.4, 0.5) is 0 Å². The Morgan fingerprint density at radius 3 is 2.73 bits per heavy atom. The molecule has 0 bridgehead atoms. The number of carbonyl (C=O) groups excluding carboxylic acids is 1. The fourth-order valence-electron chi connectivity index (χ4n) is 2.39. The molecule has 2 aromatic carbocycles. The first kappa shape index (κ1) is 17.9. The van der Waals surface area contributed by atoms with Crippen molar-refractivity contribution in [2.45, 2.75) is 0 Å². The third-order valence-electron chi connectivity index (χ3n) is 3.44. The number of nitrogens with two attached hydrogens (primary N) is 1. The zero-order valence-electron chi connectivity index (χ0n) is 13.7. The molecule has 1 aromatic heterocycles. The number of oxime groups is 1. The molecule has 0 aliphatic rings. The van der Waals surface area contributed by atoms with Crippen molar-refractivity contribution in [1.82, 2.24) is 5.32 Å². The second kappa shape index (κ2) is 7.14. The molecule has 7 nitrogen and oxygen atoms in total. The summed E-state index contributed by atoms with van der Waals surface area (Å²) < 4.78 is 27.1. The maximum Gasteiger partial charge on any atom is 0.325 e. The highest BCUT2D eigenvalue weighted by Gasteiger charge is 2.11. The van der Waals surface area contributed by atoms with Gasteiger partial charge in [0, 0.05) is 15.6 Å². The van der Waals surface area contributed by atoms with Crippen molar-refractivity contribution in [3.8, 4) is 11.1 Å². The van der Waals surface area contributed by atoms with Crippen molar-refractivity contribution in [2.75, 3.05) is 6.26 Å². The van der Waals surface area contributed by atoms with Gasteiger partial charge in [0.1, 0.15) is 0 Å². The lowest BCUT2D eigenvalue weighted by atomic mass is 10.00. The van der Waals surface area contributed by atoms with E-state index in [-0.39, 0.29) is 0 Å². The largest absolute Gasteiger partial charge is 0.367 e. The summed E-state index contributed by atoms with van der Waals surface area (Å²) in [6, 6.07) is 15.1. The predicted molar refractivity (Wildman–Crippen MR) is 102 cm³/mol. The van der Waals surface area contributed by atoms with E-state index in [1.54, 1.807) is 29.5 Å². The Labute approximate surface area is 154 Å². The number of nitrogens with zero attached hydrogens (tertiary/aromatic N) is 1. The van der Waals surface area contributed by atoms with Crippen LogP contribution in [-0.2, 0) is 14.4 Å². The van der Waals surface area contributed by atoms with Crippen molar-refractivity contribution < 1.29 is 17.5 Å². The minimum absolute atomic E-state index is 0.354. The van der Waals surface area contributed by atoms with Gasteiger partial charge in [-0.2, -0.15) is 8.42 Å². The van der Waals surface area contributed by atoms with Crippen LogP contribution in [0.5, 0.6) is 0 Å². The molecule has 9 heteroatoms. The number of carbonyl (C=O) groups is 1. The van der Waals surface area contributed by atoms with Crippen LogP contribution in [0.1, 0.15) is 10.4 Å². The quantitative estimate of drug-likeness (QED) is 0.405. The highest BCUT2D eigenvalue weighted by Crippen LogP contribution is 2.31. The molecule has 0 saturated carbocycles. The maximum absolute atomic E-state index is 12.3. The van der Waals surface area contributed by atoms with Crippen LogP contribution in [-0.4, -0.2) is 26.5 Å². The van der Waals surface area contributed by atoms with Gasteiger partial charge in [-0.25, -0.2) is 0 Å². The Kier molecular flexibility index (Phi) is 4.92. The summed E-state index contributed by atoms with van der Waals surface area (Å²) in [5.41, 5.74) is 7.71. The first-order chi connectivity index (χ1) is 12.3. The van der Waals surface area contributed by atoms with E-state index in [9.17, 15) is 13.2 Å². The number of guanidine groups is 1. The van der Waals surface area contributed by atoms with Gasteiger partial charge in [-0.1, -0.05) is 24.3 Å². The van der Waals surface area contributed by atoms with Crippen LogP contribution in [0.3, 0.4) is 0 Å². The Balaban J connectivity index is 1.85. The Morgan fingerprint density at radius 2 is 1.96 bits per heavy atom. The minimum atomic E-state index is -3.80. The van der Waals surface area contributed by atoms with Crippen LogP contribution in [0, 0.1) is 0 Å². The first-order valence-corrected chi connectivity index (χ1v) is 10.1. The molecule has 26 heavy (non-hydrogen) atoms. The summed E-state index contributed by atoms with van der Waals surface area (Å²) >= 11 is 1.65. The number of nitrogens with one attached hydrogen (secondary N) is 1. The van der Waals surface area contributed by atoms with Gasteiger partial charge in [0.25, 0.3) is 5.91 Å². The molecule has 0 unspecified atom stereocenters. The molecule has 134 valence electrons. The van der Waals surface area contributed by atoms with Crippen LogP contribution in [0.2, 0.25) is 0 Å². The zero-order chi connectivity index (χ0) is 18.7. The van der Waals surface area contributed by atoms with Crippen LogP contribution in [0.25, 0.3) is 21.2 Å². The highest BCUT2D eigenvalue weighted by atomic mass is 32.2. The molecule has 0 spiro atoms. The predicted octanol–water partition coefficient (Wildman–Crippen LogP) is 2.50. The maximum atomic E-state index is 12.3. The lowest BCUT2D eigenvalue weighted by Gasteiger charge is -2.07. The molecular weight excluding hydrogens is 374 g/mol. The molecule has 1 amide bonds. The third kappa shape index (κ3) is 4.19. The van der Waals surface area contributed by atoms with Gasteiger partial charge in [-0.15, -0.1) is 11.3 Å². The van der Waals surface area contributed by atoms with Gasteiger partial charge in [0.15, 0.2) is 0 Å². The topological polar surface area (TPSA) is 111 Å². The average molecular weight is 389 g/mol. The fraction of sp³-hybridized carbons (Fsp3) is 0.0588. The Morgan fingerprint density at radius 1 is 1.19 bits per heavy atom. The summed E-state index contributed by atoms with van der Waals surface area (Å²) in [5, 5.41) is 8.56. The number of hydrogen-bond acceptors (Lipinski definition) is 6. The molecule has 0 aliphatic heterocycles. The van der Waals surface area contributed by atoms with Crippen molar-refractivity contribution in [2.24, 2.45) is 10.9 Å². The number of rotatable bonds is 4.